The van der Waals surface area contributed by atoms with E-state index in [9.17, 15) is 0 Å². The lowest BCUT2D eigenvalue weighted by atomic mass is 9.84. The maximum absolute atomic E-state index is 5.19. The smallest absolute Gasteiger partial charge is 0.106 e. The van der Waals surface area contributed by atoms with Gasteiger partial charge in [0, 0.05) is 33.0 Å². The Morgan fingerprint density at radius 3 is 1.46 bits per heavy atom. The summed E-state index contributed by atoms with van der Waals surface area (Å²) in [7, 11) is 0. The van der Waals surface area contributed by atoms with Crippen LogP contribution in [0.25, 0.3) is 95.4 Å². The van der Waals surface area contributed by atoms with Gasteiger partial charge in [-0.2, -0.15) is 0 Å². The molecule has 0 N–H and O–H groups in total. The Balaban J connectivity index is 1.26. The summed E-state index contributed by atoms with van der Waals surface area (Å²) < 4.78 is 0. The molecule has 1 aliphatic carbocycles. The molecule has 0 saturated heterocycles. The van der Waals surface area contributed by atoms with Crippen molar-refractivity contribution in [2.75, 3.05) is 0 Å². The van der Waals surface area contributed by atoms with Gasteiger partial charge in [-0.1, -0.05) is 182 Å². The Labute approximate surface area is 324 Å². The highest BCUT2D eigenvalue weighted by molar-refractivity contribution is 6.06. The standard InChI is InChI=1S/C52H32N4/c1-4-16-33(17-5-1)36-22-10-12-25-42(36)49-51(43-26-13-11-23-37(43)34-18-6-2-7-19-34)54-56-55-52(49)48-38(35-20-8-3-9-21-35)28-29-39-40-30-31-44-41-24-14-15-27-47(41)53-50(44)46(40)32-45(39)48/h1-32H. The molecule has 260 valence electrons. The van der Waals surface area contributed by atoms with E-state index in [4.69, 9.17) is 15.2 Å². The molecule has 4 heteroatoms. The van der Waals surface area contributed by atoms with Gasteiger partial charge in [-0.05, 0) is 73.0 Å². The molecule has 11 rings (SSSR count). The first kappa shape index (κ1) is 31.9. The van der Waals surface area contributed by atoms with Crippen LogP contribution in [0.5, 0.6) is 0 Å². The first-order valence-corrected chi connectivity index (χ1v) is 18.9. The molecule has 2 aliphatic rings. The van der Waals surface area contributed by atoms with E-state index >= 15 is 0 Å². The Hall–Kier alpha value is -7.56. The number of hydrogen-bond acceptors (Lipinski definition) is 4. The second-order valence-corrected chi connectivity index (χ2v) is 14.2. The van der Waals surface area contributed by atoms with Gasteiger partial charge in [0.2, 0.25) is 0 Å². The predicted molar refractivity (Wildman–Crippen MR) is 227 cm³/mol. The zero-order chi connectivity index (χ0) is 37.0. The van der Waals surface area contributed by atoms with Crippen LogP contribution in [-0.4, -0.2) is 15.4 Å². The van der Waals surface area contributed by atoms with E-state index in [1.54, 1.807) is 0 Å². The van der Waals surface area contributed by atoms with Gasteiger partial charge >= 0.3 is 0 Å². The normalized spacial score (nSPS) is 11.9. The van der Waals surface area contributed by atoms with Crippen molar-refractivity contribution in [2.24, 2.45) is 4.99 Å². The van der Waals surface area contributed by atoms with Crippen LogP contribution < -0.4 is 10.6 Å². The van der Waals surface area contributed by atoms with Crippen LogP contribution >= 0.6 is 0 Å². The van der Waals surface area contributed by atoms with Gasteiger partial charge in [-0.3, -0.25) is 0 Å². The largest absolute Gasteiger partial charge is 0.247 e. The molecule has 0 atom stereocenters. The number of benzene rings is 8. The Kier molecular flexibility index (Phi) is 7.46. The molecule has 4 nitrogen and oxygen atoms in total. The topological polar surface area (TPSA) is 51.0 Å². The lowest BCUT2D eigenvalue weighted by molar-refractivity contribution is 0.879. The molecule has 0 unspecified atom stereocenters. The highest BCUT2D eigenvalue weighted by atomic mass is 15.3. The molecule has 0 amide bonds. The summed E-state index contributed by atoms with van der Waals surface area (Å²) in [4.78, 5) is 5.19. The molecule has 1 aliphatic heterocycles. The monoisotopic (exact) mass is 712 g/mol. The number of nitrogens with zero attached hydrogens (tertiary/aromatic N) is 4. The second kappa shape index (κ2) is 13.1. The fourth-order valence-electron chi connectivity index (χ4n) is 8.58. The summed E-state index contributed by atoms with van der Waals surface area (Å²) in [6, 6.07) is 66.2. The SMILES string of the molecule is C1=c2c(ccc3c2=Nc2ccccc2-3)-c2ccc(-c3ccccc3)c(-c3nnnc(-c4ccccc4-c4ccccc4)c3-c3ccccc3-c3ccccc3)c21. The minimum absolute atomic E-state index is 0.774. The van der Waals surface area contributed by atoms with Crippen molar-refractivity contribution in [1.29, 1.82) is 0 Å². The zero-order valence-corrected chi connectivity index (χ0v) is 30.3. The molecule has 1 aromatic heterocycles. The van der Waals surface area contributed by atoms with E-state index < -0.39 is 0 Å². The molecule has 0 fully saturated rings. The maximum atomic E-state index is 5.19. The number of rotatable bonds is 6. The average molecular weight is 713 g/mol. The van der Waals surface area contributed by atoms with Gasteiger partial charge < -0.3 is 0 Å². The van der Waals surface area contributed by atoms with Gasteiger partial charge in [0.1, 0.15) is 11.4 Å². The lowest BCUT2D eigenvalue weighted by Gasteiger charge is -2.21. The average Bonchev–Trinajstić information content (AvgIpc) is 3.86. The first-order chi connectivity index (χ1) is 27.8. The summed E-state index contributed by atoms with van der Waals surface area (Å²) in [5, 5.41) is 16.8. The molecular weight excluding hydrogens is 681 g/mol. The highest BCUT2D eigenvalue weighted by Crippen LogP contribution is 2.49. The molecule has 9 aromatic rings. The third-order valence-electron chi connectivity index (χ3n) is 11.1. The lowest BCUT2D eigenvalue weighted by Crippen LogP contribution is -2.25. The van der Waals surface area contributed by atoms with Gasteiger partial charge in [0.05, 0.1) is 11.0 Å². The number of fused-ring (bicyclic) bond motifs is 7. The van der Waals surface area contributed by atoms with E-state index in [0.717, 1.165) is 100.0 Å². The molecule has 56 heavy (non-hydrogen) atoms. The van der Waals surface area contributed by atoms with E-state index in [0.29, 0.717) is 0 Å². The van der Waals surface area contributed by atoms with Gasteiger partial charge in [-0.15, -0.1) is 10.2 Å². The molecule has 0 radical (unpaired) electrons. The van der Waals surface area contributed by atoms with Crippen LogP contribution in [0.2, 0.25) is 0 Å². The van der Waals surface area contributed by atoms with E-state index in [-0.39, 0.29) is 0 Å². The summed E-state index contributed by atoms with van der Waals surface area (Å²) in [6.45, 7) is 0. The Morgan fingerprint density at radius 2 is 0.786 bits per heavy atom. The fourth-order valence-corrected chi connectivity index (χ4v) is 8.58. The summed E-state index contributed by atoms with van der Waals surface area (Å²) in [5.74, 6) is 0. The number of hydrogen-bond donors (Lipinski definition) is 0. The van der Waals surface area contributed by atoms with Crippen molar-refractivity contribution < 1.29 is 0 Å². The van der Waals surface area contributed by atoms with Crippen LogP contribution in [-0.2, 0) is 0 Å². The van der Waals surface area contributed by atoms with Gasteiger partial charge in [0.25, 0.3) is 0 Å². The molecule has 0 saturated carbocycles. The highest BCUT2D eigenvalue weighted by Gasteiger charge is 2.29. The van der Waals surface area contributed by atoms with Gasteiger partial charge in [0.15, 0.2) is 0 Å². The van der Waals surface area contributed by atoms with Gasteiger partial charge in [-0.25, -0.2) is 4.99 Å². The predicted octanol–water partition coefficient (Wildman–Crippen LogP) is 11.6. The fraction of sp³-hybridized carbons (Fsp3) is 0. The van der Waals surface area contributed by atoms with E-state index in [1.165, 1.54) is 11.1 Å². The quantitative estimate of drug-likeness (QED) is 0.172. The molecule has 0 spiro atoms. The van der Waals surface area contributed by atoms with Crippen LogP contribution in [0.1, 0.15) is 5.56 Å². The molecule has 2 heterocycles. The Morgan fingerprint density at radius 1 is 0.304 bits per heavy atom. The summed E-state index contributed by atoms with van der Waals surface area (Å²) >= 11 is 0. The Bertz CT molecular complexity index is 3120. The van der Waals surface area contributed by atoms with Crippen molar-refractivity contribution in [1.82, 2.24) is 15.4 Å². The van der Waals surface area contributed by atoms with Crippen molar-refractivity contribution in [3.63, 3.8) is 0 Å². The molecular formula is C52H32N4. The zero-order valence-electron chi connectivity index (χ0n) is 30.3. The third kappa shape index (κ3) is 5.08. The van der Waals surface area contributed by atoms with Crippen molar-refractivity contribution in [3.8, 4) is 89.3 Å². The minimum Gasteiger partial charge on any atom is -0.247 e. The number of para-hydroxylation sites is 1. The van der Waals surface area contributed by atoms with Crippen LogP contribution in [0.4, 0.5) is 5.69 Å². The summed E-state index contributed by atoms with van der Waals surface area (Å²) in [6.07, 6.45) is 2.33. The second-order valence-electron chi connectivity index (χ2n) is 14.2. The maximum Gasteiger partial charge on any atom is 0.106 e. The summed E-state index contributed by atoms with van der Waals surface area (Å²) in [5.41, 5.74) is 18.8. The molecule has 0 bridgehead atoms. The molecule has 8 aromatic carbocycles. The van der Waals surface area contributed by atoms with Crippen molar-refractivity contribution in [3.05, 3.63) is 204 Å². The van der Waals surface area contributed by atoms with Crippen molar-refractivity contribution in [2.45, 2.75) is 0 Å². The van der Waals surface area contributed by atoms with E-state index in [2.05, 4.69) is 199 Å². The van der Waals surface area contributed by atoms with E-state index in [1.807, 2.05) is 0 Å². The third-order valence-corrected chi connectivity index (χ3v) is 11.1. The minimum atomic E-state index is 0.774. The van der Waals surface area contributed by atoms with Crippen LogP contribution in [0.15, 0.2) is 193 Å². The van der Waals surface area contributed by atoms with Crippen molar-refractivity contribution >= 4 is 11.8 Å². The van der Waals surface area contributed by atoms with Crippen LogP contribution in [0, 0.1) is 0 Å². The first-order valence-electron chi connectivity index (χ1n) is 18.9. The number of aromatic nitrogens is 3. The van der Waals surface area contributed by atoms with Crippen LogP contribution in [0.3, 0.4) is 0 Å².